The molecule has 0 fully saturated rings. The van der Waals surface area contributed by atoms with Crippen LogP contribution in [0.15, 0.2) is 0 Å². The van der Waals surface area contributed by atoms with E-state index in [0.29, 0.717) is 17.6 Å². The Hall–Kier alpha value is -0.860. The lowest BCUT2D eigenvalue weighted by Crippen LogP contribution is -2.36. The van der Waals surface area contributed by atoms with Crippen LogP contribution in [0.5, 0.6) is 0 Å². The molecule has 0 saturated carbocycles. The zero-order valence-corrected chi connectivity index (χ0v) is 41.2. The van der Waals surface area contributed by atoms with Crippen molar-refractivity contribution >= 4 is 11.8 Å². The first-order chi connectivity index (χ1) is 29.0. The van der Waals surface area contributed by atoms with Crippen molar-refractivity contribution in [1.82, 2.24) is 0 Å². The van der Waals surface area contributed by atoms with Gasteiger partial charge >= 0.3 is 0 Å². The number of hydrogen-bond donors (Lipinski definition) is 0. The first kappa shape index (κ1) is 58.1. The van der Waals surface area contributed by atoms with E-state index < -0.39 is 5.97 Å². The van der Waals surface area contributed by atoms with Gasteiger partial charge in [0.2, 0.25) is 0 Å². The third kappa shape index (κ3) is 40.9. The summed E-state index contributed by atoms with van der Waals surface area (Å²) in [6.07, 6.45) is 59.4. The van der Waals surface area contributed by atoms with Crippen molar-refractivity contribution < 1.29 is 14.7 Å². The normalized spacial score (nSPS) is 13.2. The molecule has 0 heterocycles. The molecule has 59 heavy (non-hydrogen) atoms. The fourth-order valence-electron chi connectivity index (χ4n) is 9.79. The molecule has 0 rings (SSSR count). The van der Waals surface area contributed by atoms with Gasteiger partial charge in [0.25, 0.3) is 0 Å². The summed E-state index contributed by atoms with van der Waals surface area (Å²) in [4.78, 5) is 25.8. The number of hydrogen-bond acceptors (Lipinski definition) is 3. The van der Waals surface area contributed by atoms with Crippen molar-refractivity contribution in [1.29, 1.82) is 0 Å². The average Bonchev–Trinajstić information content (AvgIpc) is 3.23. The number of carbonyl (C=O) groups excluding carboxylic acids is 2. The number of unbranched alkanes of at least 4 members (excludes halogenated alkanes) is 36. The Morgan fingerprint density at radius 2 is 0.542 bits per heavy atom. The van der Waals surface area contributed by atoms with E-state index in [0.717, 1.165) is 57.8 Å². The lowest BCUT2D eigenvalue weighted by molar-refractivity contribution is -0.313. The molecule has 0 aromatic carbocycles. The van der Waals surface area contributed by atoms with E-state index in [1.54, 1.807) is 0 Å². The number of carboxylic acids is 1. The van der Waals surface area contributed by atoms with Crippen LogP contribution in [0.2, 0.25) is 0 Å². The van der Waals surface area contributed by atoms with Crippen LogP contribution in [0, 0.1) is 17.8 Å². The summed E-state index contributed by atoms with van der Waals surface area (Å²) >= 11 is 0. The van der Waals surface area contributed by atoms with Crippen LogP contribution in [-0.4, -0.2) is 11.8 Å². The predicted molar refractivity (Wildman–Crippen MR) is 260 cm³/mol. The van der Waals surface area contributed by atoms with Gasteiger partial charge in [0.1, 0.15) is 5.78 Å². The maximum Gasteiger partial charge on any atom is 0.135 e. The lowest BCUT2D eigenvalue weighted by Gasteiger charge is -2.28. The summed E-state index contributed by atoms with van der Waals surface area (Å²) < 4.78 is 0. The number of rotatable bonds is 51. The molecule has 0 aromatic rings. The first-order valence-electron chi connectivity index (χ1n) is 27.7. The summed E-state index contributed by atoms with van der Waals surface area (Å²) in [7, 11) is 0. The zero-order chi connectivity index (χ0) is 43.1. The Labute approximate surface area is 372 Å². The second-order valence-electron chi connectivity index (χ2n) is 19.6. The van der Waals surface area contributed by atoms with Crippen LogP contribution in [0.25, 0.3) is 0 Å². The quantitative estimate of drug-likeness (QED) is 0.0574. The second kappa shape index (κ2) is 48.2. The third-order valence-corrected chi connectivity index (χ3v) is 13.9. The fourth-order valence-corrected chi connectivity index (χ4v) is 9.79. The SMILES string of the molecule is CCCCCCCCCCCCCCCCCC(=O)C(CCCCCC)CCCCCCCCCC(C(=O)[O-])C(CCCCCCCC)CCCCCCCCCCC. The maximum absolute atomic E-state index is 13.3. The van der Waals surface area contributed by atoms with Gasteiger partial charge in [-0.3, -0.25) is 4.79 Å². The Balaban J connectivity index is 4.40. The molecule has 0 aliphatic carbocycles. The molecule has 0 N–H and O–H groups in total. The summed E-state index contributed by atoms with van der Waals surface area (Å²) in [5.41, 5.74) is 0. The summed E-state index contributed by atoms with van der Waals surface area (Å²) in [5, 5.41) is 12.5. The van der Waals surface area contributed by atoms with Crippen LogP contribution in [0.1, 0.15) is 329 Å². The van der Waals surface area contributed by atoms with E-state index in [2.05, 4.69) is 27.7 Å². The largest absolute Gasteiger partial charge is 0.550 e. The molecule has 3 atom stereocenters. The molecular formula is C56H109O3-. The molecule has 0 amide bonds. The molecule has 3 unspecified atom stereocenters. The highest BCUT2D eigenvalue weighted by Gasteiger charge is 2.22. The van der Waals surface area contributed by atoms with Crippen molar-refractivity contribution in [2.24, 2.45) is 17.8 Å². The minimum atomic E-state index is -0.782. The Bertz CT molecular complexity index is 837. The van der Waals surface area contributed by atoms with Crippen molar-refractivity contribution in [3.05, 3.63) is 0 Å². The monoisotopic (exact) mass is 830 g/mol. The molecule has 352 valence electrons. The van der Waals surface area contributed by atoms with Crippen molar-refractivity contribution in [2.75, 3.05) is 0 Å². The molecule has 3 heteroatoms. The number of Topliss-reactive ketones (excluding diaryl/α,β-unsaturated/α-hetero) is 1. The first-order valence-corrected chi connectivity index (χ1v) is 27.7. The molecule has 0 radical (unpaired) electrons. The average molecular weight is 830 g/mol. The van der Waals surface area contributed by atoms with Gasteiger partial charge in [-0.25, -0.2) is 0 Å². The van der Waals surface area contributed by atoms with Gasteiger partial charge in [0, 0.05) is 24.2 Å². The van der Waals surface area contributed by atoms with Crippen molar-refractivity contribution in [2.45, 2.75) is 329 Å². The molecule has 0 aliphatic heterocycles. The van der Waals surface area contributed by atoms with Crippen LogP contribution < -0.4 is 5.11 Å². The van der Waals surface area contributed by atoms with Gasteiger partial charge in [-0.05, 0) is 44.4 Å². The van der Waals surface area contributed by atoms with E-state index in [1.165, 1.54) is 244 Å². The highest BCUT2D eigenvalue weighted by atomic mass is 16.4. The minimum absolute atomic E-state index is 0.263. The van der Waals surface area contributed by atoms with Crippen LogP contribution in [0.3, 0.4) is 0 Å². The Morgan fingerprint density at radius 1 is 0.305 bits per heavy atom. The molecule has 0 bridgehead atoms. The van der Waals surface area contributed by atoms with Crippen LogP contribution in [-0.2, 0) is 9.59 Å². The van der Waals surface area contributed by atoms with E-state index in [1.807, 2.05) is 0 Å². The molecule has 0 aromatic heterocycles. The fraction of sp³-hybridized carbons (Fsp3) is 0.964. The van der Waals surface area contributed by atoms with Gasteiger partial charge in [-0.2, -0.15) is 0 Å². The summed E-state index contributed by atoms with van der Waals surface area (Å²) in [6.45, 7) is 9.11. The summed E-state index contributed by atoms with van der Waals surface area (Å²) in [5.74, 6) is 0.106. The van der Waals surface area contributed by atoms with Gasteiger partial charge in [-0.1, -0.05) is 285 Å². The standard InChI is InChI=1S/C56H110O3/c1-5-9-13-17-20-22-23-24-25-26-27-29-34-39-45-51-55(57)53(48-40-16-12-8-4)49-43-37-32-30-33-38-44-50-54(56(58)59)52(46-41-35-19-15-11-7-3)47-42-36-31-28-21-18-14-10-6-2/h52-54H,5-51H2,1-4H3,(H,58,59)/p-1. The molecular weight excluding hydrogens is 721 g/mol. The van der Waals surface area contributed by atoms with Gasteiger partial charge in [-0.15, -0.1) is 0 Å². The van der Waals surface area contributed by atoms with E-state index in [-0.39, 0.29) is 5.92 Å². The van der Waals surface area contributed by atoms with Gasteiger partial charge < -0.3 is 9.90 Å². The van der Waals surface area contributed by atoms with Gasteiger partial charge in [0.15, 0.2) is 0 Å². The Morgan fingerprint density at radius 3 is 0.847 bits per heavy atom. The summed E-state index contributed by atoms with van der Waals surface area (Å²) in [6, 6.07) is 0. The predicted octanol–water partition coefficient (Wildman–Crippen LogP) is 18.6. The van der Waals surface area contributed by atoms with Crippen molar-refractivity contribution in [3.63, 3.8) is 0 Å². The van der Waals surface area contributed by atoms with E-state index in [9.17, 15) is 14.7 Å². The van der Waals surface area contributed by atoms with Crippen LogP contribution in [0.4, 0.5) is 0 Å². The number of ketones is 1. The topological polar surface area (TPSA) is 57.2 Å². The molecule has 0 saturated heterocycles. The van der Waals surface area contributed by atoms with E-state index in [4.69, 9.17) is 0 Å². The number of carbonyl (C=O) groups is 2. The third-order valence-electron chi connectivity index (χ3n) is 13.9. The zero-order valence-electron chi connectivity index (χ0n) is 41.2. The second-order valence-corrected chi connectivity index (χ2v) is 19.6. The molecule has 0 spiro atoms. The highest BCUT2D eigenvalue weighted by molar-refractivity contribution is 5.80. The molecule has 0 aliphatic rings. The number of carboxylic acid groups (broad SMARTS) is 1. The van der Waals surface area contributed by atoms with Crippen molar-refractivity contribution in [3.8, 4) is 0 Å². The maximum atomic E-state index is 13.3. The van der Waals surface area contributed by atoms with Crippen LogP contribution >= 0.6 is 0 Å². The Kier molecular flexibility index (Phi) is 47.5. The smallest absolute Gasteiger partial charge is 0.135 e. The number of aliphatic carboxylic acids is 1. The molecule has 3 nitrogen and oxygen atoms in total. The minimum Gasteiger partial charge on any atom is -0.550 e. The lowest BCUT2D eigenvalue weighted by atomic mass is 9.80. The highest BCUT2D eigenvalue weighted by Crippen LogP contribution is 2.30. The van der Waals surface area contributed by atoms with E-state index >= 15 is 0 Å². The van der Waals surface area contributed by atoms with Gasteiger partial charge in [0.05, 0.1) is 0 Å².